The van der Waals surface area contributed by atoms with Crippen LogP contribution < -0.4 is 15.2 Å². The molecule has 1 saturated heterocycles. The summed E-state index contributed by atoms with van der Waals surface area (Å²) in [6.45, 7) is 6.18. The van der Waals surface area contributed by atoms with Gasteiger partial charge in [-0.05, 0) is 50.0 Å². The molecule has 1 aliphatic rings. The molecule has 0 bridgehead atoms. The van der Waals surface area contributed by atoms with Gasteiger partial charge in [0.25, 0.3) is 0 Å². The number of nitrogens with two attached hydrogens (primary N) is 1. The van der Waals surface area contributed by atoms with Crippen molar-refractivity contribution in [2.45, 2.75) is 33.1 Å². The molecular weight excluding hydrogens is 332 g/mol. The third-order valence-corrected chi connectivity index (χ3v) is 4.28. The van der Waals surface area contributed by atoms with E-state index in [1.807, 2.05) is 32.0 Å². The Morgan fingerprint density at radius 1 is 1.27 bits per heavy atom. The van der Waals surface area contributed by atoms with Crippen LogP contribution in [0.25, 0.3) is 6.08 Å². The van der Waals surface area contributed by atoms with Gasteiger partial charge in [-0.25, -0.2) is 0 Å². The smallest absolute Gasteiger partial charge is 0.246 e. The van der Waals surface area contributed by atoms with Gasteiger partial charge in [-0.3, -0.25) is 9.59 Å². The summed E-state index contributed by atoms with van der Waals surface area (Å²) in [4.78, 5) is 25.4. The van der Waals surface area contributed by atoms with Crippen LogP contribution in [-0.4, -0.2) is 43.0 Å². The van der Waals surface area contributed by atoms with Crippen LogP contribution in [0.15, 0.2) is 24.3 Å². The second-order valence-corrected chi connectivity index (χ2v) is 6.35. The van der Waals surface area contributed by atoms with Crippen LogP contribution in [0.2, 0.25) is 0 Å². The van der Waals surface area contributed by atoms with Crippen LogP contribution in [0.4, 0.5) is 0 Å². The highest BCUT2D eigenvalue weighted by molar-refractivity contribution is 5.92. The van der Waals surface area contributed by atoms with Crippen molar-refractivity contribution in [3.8, 4) is 11.5 Å². The second kappa shape index (κ2) is 9.85. The Bertz CT molecular complexity index is 657. The number of primary amides is 1. The van der Waals surface area contributed by atoms with E-state index in [2.05, 4.69) is 0 Å². The Morgan fingerprint density at radius 3 is 2.77 bits per heavy atom. The molecule has 1 aromatic rings. The summed E-state index contributed by atoms with van der Waals surface area (Å²) >= 11 is 0. The molecule has 26 heavy (non-hydrogen) atoms. The van der Waals surface area contributed by atoms with Gasteiger partial charge in [-0.2, -0.15) is 0 Å². The highest BCUT2D eigenvalue weighted by Gasteiger charge is 2.25. The van der Waals surface area contributed by atoms with Crippen molar-refractivity contribution in [1.82, 2.24) is 4.90 Å². The lowest BCUT2D eigenvalue weighted by atomic mass is 9.97. The highest BCUT2D eigenvalue weighted by Crippen LogP contribution is 2.29. The van der Waals surface area contributed by atoms with Gasteiger partial charge in [0.1, 0.15) is 0 Å². The van der Waals surface area contributed by atoms with Crippen molar-refractivity contribution in [1.29, 1.82) is 0 Å². The number of nitrogens with zero attached hydrogens (tertiary/aromatic N) is 1. The summed E-state index contributed by atoms with van der Waals surface area (Å²) in [6, 6.07) is 5.61. The first-order chi connectivity index (χ1) is 12.5. The second-order valence-electron chi connectivity index (χ2n) is 6.35. The van der Waals surface area contributed by atoms with E-state index in [4.69, 9.17) is 15.2 Å². The summed E-state index contributed by atoms with van der Waals surface area (Å²) in [5.74, 6) is 0.677. The van der Waals surface area contributed by atoms with Gasteiger partial charge >= 0.3 is 0 Å². The Balaban J connectivity index is 2.05. The highest BCUT2D eigenvalue weighted by atomic mass is 16.5. The predicted octanol–water partition coefficient (Wildman–Crippen LogP) is 2.61. The molecule has 0 aromatic heterocycles. The largest absolute Gasteiger partial charge is 0.490 e. The summed E-state index contributed by atoms with van der Waals surface area (Å²) in [5, 5.41) is 0. The summed E-state index contributed by atoms with van der Waals surface area (Å²) in [5.41, 5.74) is 6.22. The minimum atomic E-state index is -0.337. The molecule has 0 aliphatic carbocycles. The zero-order valence-corrected chi connectivity index (χ0v) is 15.6. The van der Waals surface area contributed by atoms with Crippen molar-refractivity contribution in [2.24, 2.45) is 11.7 Å². The molecule has 6 heteroatoms. The molecule has 6 nitrogen and oxygen atoms in total. The van der Waals surface area contributed by atoms with Crippen molar-refractivity contribution in [3.63, 3.8) is 0 Å². The number of carbonyl (C=O) groups excluding carboxylic acids is 2. The van der Waals surface area contributed by atoms with E-state index in [9.17, 15) is 9.59 Å². The van der Waals surface area contributed by atoms with E-state index in [0.29, 0.717) is 37.8 Å². The van der Waals surface area contributed by atoms with Gasteiger partial charge in [0.05, 0.1) is 19.1 Å². The topological polar surface area (TPSA) is 81.9 Å². The number of likely N-dealkylation sites (tertiary alicyclic amines) is 1. The van der Waals surface area contributed by atoms with Gasteiger partial charge in [0.2, 0.25) is 11.8 Å². The van der Waals surface area contributed by atoms with E-state index in [1.165, 1.54) is 6.08 Å². The molecule has 2 amide bonds. The van der Waals surface area contributed by atoms with Crippen LogP contribution in [0.3, 0.4) is 0 Å². The third kappa shape index (κ3) is 5.51. The maximum atomic E-state index is 12.4. The first-order valence-electron chi connectivity index (χ1n) is 9.21. The molecule has 0 saturated carbocycles. The standard InChI is InChI=1S/C20H28N2O4/c1-3-12-26-17-9-7-15(13-18(17)25-4-2)8-10-19(23)22-11-5-6-16(14-22)20(21)24/h7-10,13,16H,3-6,11-12,14H2,1-2H3,(H2,21,24)/b10-8+. The van der Waals surface area contributed by atoms with E-state index in [-0.39, 0.29) is 17.7 Å². The molecule has 2 rings (SSSR count). The number of rotatable bonds is 8. The maximum absolute atomic E-state index is 12.4. The Morgan fingerprint density at radius 2 is 2.08 bits per heavy atom. The lowest BCUT2D eigenvalue weighted by Gasteiger charge is -2.30. The molecule has 142 valence electrons. The lowest BCUT2D eigenvalue weighted by molar-refractivity contribution is -0.130. The number of hydrogen-bond acceptors (Lipinski definition) is 4. The van der Waals surface area contributed by atoms with Gasteiger partial charge < -0.3 is 20.1 Å². The fourth-order valence-corrected chi connectivity index (χ4v) is 2.91. The van der Waals surface area contributed by atoms with Gasteiger partial charge in [-0.1, -0.05) is 13.0 Å². The molecule has 1 unspecified atom stereocenters. The maximum Gasteiger partial charge on any atom is 0.246 e. The quantitative estimate of drug-likeness (QED) is 0.723. The average Bonchev–Trinajstić information content (AvgIpc) is 2.65. The SMILES string of the molecule is CCCOc1ccc(/C=C/C(=O)N2CCCC(C(N)=O)C2)cc1OCC. The fourth-order valence-electron chi connectivity index (χ4n) is 2.91. The first kappa shape index (κ1) is 19.8. The van der Waals surface area contributed by atoms with E-state index >= 15 is 0 Å². The molecular formula is C20H28N2O4. The van der Waals surface area contributed by atoms with E-state index in [1.54, 1.807) is 11.0 Å². The summed E-state index contributed by atoms with van der Waals surface area (Å²) in [7, 11) is 0. The molecule has 0 radical (unpaired) electrons. The van der Waals surface area contributed by atoms with Crippen LogP contribution in [0, 0.1) is 5.92 Å². The summed E-state index contributed by atoms with van der Waals surface area (Å²) < 4.78 is 11.3. The molecule has 0 spiro atoms. The van der Waals surface area contributed by atoms with E-state index < -0.39 is 0 Å². The van der Waals surface area contributed by atoms with Crippen LogP contribution >= 0.6 is 0 Å². The number of ether oxygens (including phenoxy) is 2. The lowest BCUT2D eigenvalue weighted by Crippen LogP contribution is -2.43. The zero-order chi connectivity index (χ0) is 18.9. The number of amides is 2. The van der Waals surface area contributed by atoms with Crippen molar-refractivity contribution in [3.05, 3.63) is 29.8 Å². The predicted molar refractivity (Wildman–Crippen MR) is 101 cm³/mol. The molecule has 1 atom stereocenters. The summed E-state index contributed by atoms with van der Waals surface area (Å²) in [6.07, 6.45) is 5.75. The number of hydrogen-bond donors (Lipinski definition) is 1. The Kier molecular flexibility index (Phi) is 7.51. The average molecular weight is 360 g/mol. The zero-order valence-electron chi connectivity index (χ0n) is 15.6. The molecule has 2 N–H and O–H groups in total. The van der Waals surface area contributed by atoms with Crippen LogP contribution in [0.1, 0.15) is 38.7 Å². The number of benzene rings is 1. The van der Waals surface area contributed by atoms with Crippen LogP contribution in [0.5, 0.6) is 11.5 Å². The number of piperidine rings is 1. The van der Waals surface area contributed by atoms with Crippen molar-refractivity contribution < 1.29 is 19.1 Å². The van der Waals surface area contributed by atoms with Gasteiger partial charge in [0, 0.05) is 19.2 Å². The molecule has 1 heterocycles. The van der Waals surface area contributed by atoms with E-state index in [0.717, 1.165) is 24.8 Å². The van der Waals surface area contributed by atoms with Crippen molar-refractivity contribution >= 4 is 17.9 Å². The van der Waals surface area contributed by atoms with Gasteiger partial charge in [0.15, 0.2) is 11.5 Å². The molecule has 1 aromatic carbocycles. The Labute approximate surface area is 154 Å². The monoisotopic (exact) mass is 360 g/mol. The van der Waals surface area contributed by atoms with Gasteiger partial charge in [-0.15, -0.1) is 0 Å². The third-order valence-electron chi connectivity index (χ3n) is 4.28. The van der Waals surface area contributed by atoms with Crippen molar-refractivity contribution in [2.75, 3.05) is 26.3 Å². The Hall–Kier alpha value is -2.50. The molecule has 1 fully saturated rings. The first-order valence-corrected chi connectivity index (χ1v) is 9.21. The minimum Gasteiger partial charge on any atom is -0.490 e. The number of carbonyl (C=O) groups is 2. The normalized spacial score (nSPS) is 17.3. The van der Waals surface area contributed by atoms with Crippen LogP contribution in [-0.2, 0) is 9.59 Å². The molecule has 1 aliphatic heterocycles. The fraction of sp³-hybridized carbons (Fsp3) is 0.500. The minimum absolute atomic E-state index is 0.111.